The van der Waals surface area contributed by atoms with Crippen LogP contribution in [0.3, 0.4) is 0 Å². The van der Waals surface area contributed by atoms with E-state index in [0.717, 1.165) is 29.8 Å². The molecule has 0 radical (unpaired) electrons. The van der Waals surface area contributed by atoms with E-state index in [1.165, 1.54) is 5.56 Å². The molecule has 0 saturated carbocycles. The number of anilines is 1. The molecule has 1 aliphatic heterocycles. The molecule has 3 rings (SSSR count). The van der Waals surface area contributed by atoms with Crippen LogP contribution >= 0.6 is 0 Å². The number of rotatable bonds is 1. The van der Waals surface area contributed by atoms with E-state index in [1.54, 1.807) is 0 Å². The molecule has 1 fully saturated rings. The van der Waals surface area contributed by atoms with E-state index in [2.05, 4.69) is 49.9 Å². The first-order valence-corrected chi connectivity index (χ1v) is 7.67. The van der Waals surface area contributed by atoms with E-state index in [9.17, 15) is 5.26 Å². The second-order valence-corrected chi connectivity index (χ2v) is 6.73. The van der Waals surface area contributed by atoms with Gasteiger partial charge in [-0.2, -0.15) is 5.26 Å². The van der Waals surface area contributed by atoms with Crippen LogP contribution in [0.2, 0.25) is 0 Å². The minimum atomic E-state index is 0.0872. The van der Waals surface area contributed by atoms with Crippen molar-refractivity contribution in [1.82, 2.24) is 4.98 Å². The van der Waals surface area contributed by atoms with E-state index in [0.29, 0.717) is 18.8 Å². The van der Waals surface area contributed by atoms with Gasteiger partial charge in [0.1, 0.15) is 11.9 Å². The van der Waals surface area contributed by atoms with Gasteiger partial charge in [-0.05, 0) is 29.2 Å². The number of benzene rings is 1. The zero-order valence-corrected chi connectivity index (χ0v) is 13.4. The fraction of sp³-hybridized carbons (Fsp3) is 0.444. The lowest BCUT2D eigenvalue weighted by Crippen LogP contribution is -2.37. The molecule has 0 unspecified atom stereocenters. The second kappa shape index (κ2) is 5.58. The Labute approximate surface area is 131 Å². The molecule has 0 spiro atoms. The van der Waals surface area contributed by atoms with Crippen molar-refractivity contribution in [3.05, 3.63) is 35.4 Å². The van der Waals surface area contributed by atoms with Crippen molar-refractivity contribution < 1.29 is 4.74 Å². The smallest absolute Gasteiger partial charge is 0.147 e. The Hall–Kier alpha value is -2.12. The molecule has 0 aliphatic carbocycles. The molecule has 0 N–H and O–H groups in total. The molecule has 0 bridgehead atoms. The third-order valence-electron chi connectivity index (χ3n) is 4.09. The van der Waals surface area contributed by atoms with Gasteiger partial charge in [0.05, 0.1) is 24.3 Å². The zero-order chi connectivity index (χ0) is 15.7. The Morgan fingerprint density at radius 3 is 2.55 bits per heavy atom. The Morgan fingerprint density at radius 1 is 1.18 bits per heavy atom. The van der Waals surface area contributed by atoms with Gasteiger partial charge in [0, 0.05) is 18.5 Å². The van der Waals surface area contributed by atoms with Crippen molar-refractivity contribution in [3.8, 4) is 6.07 Å². The van der Waals surface area contributed by atoms with E-state index in [-0.39, 0.29) is 5.41 Å². The summed E-state index contributed by atoms with van der Waals surface area (Å²) in [6, 6.07) is 10.6. The second-order valence-electron chi connectivity index (χ2n) is 6.73. The molecular weight excluding hydrogens is 274 g/mol. The Balaban J connectivity index is 2.10. The van der Waals surface area contributed by atoms with Gasteiger partial charge >= 0.3 is 0 Å². The summed E-state index contributed by atoms with van der Waals surface area (Å²) in [5.41, 5.74) is 2.92. The van der Waals surface area contributed by atoms with E-state index in [4.69, 9.17) is 9.72 Å². The first-order chi connectivity index (χ1) is 10.5. The quantitative estimate of drug-likeness (QED) is 0.810. The Kier molecular flexibility index (Phi) is 3.76. The standard InChI is InChI=1S/C18H21N3O/c1-18(2,3)15-4-5-16-13(11-15)10-14(12-19)17(20-16)21-6-8-22-9-7-21/h4-5,10-11H,6-9H2,1-3H3. The monoisotopic (exact) mass is 295 g/mol. The van der Waals surface area contributed by atoms with Crippen molar-refractivity contribution >= 4 is 16.7 Å². The lowest BCUT2D eigenvalue weighted by Gasteiger charge is -2.28. The molecule has 2 heterocycles. The molecule has 2 aromatic rings. The van der Waals surface area contributed by atoms with Gasteiger partial charge in [0.15, 0.2) is 0 Å². The number of hydrogen-bond donors (Lipinski definition) is 0. The summed E-state index contributed by atoms with van der Waals surface area (Å²) in [5, 5.41) is 10.5. The van der Waals surface area contributed by atoms with Gasteiger partial charge in [-0.15, -0.1) is 0 Å². The molecule has 4 nitrogen and oxygen atoms in total. The minimum absolute atomic E-state index is 0.0872. The first-order valence-electron chi connectivity index (χ1n) is 7.67. The van der Waals surface area contributed by atoms with Crippen LogP contribution in [0.4, 0.5) is 5.82 Å². The molecule has 0 amide bonds. The zero-order valence-electron chi connectivity index (χ0n) is 13.4. The molecule has 1 aromatic carbocycles. The number of nitrogens with zero attached hydrogens (tertiary/aromatic N) is 3. The summed E-state index contributed by atoms with van der Waals surface area (Å²) in [6.45, 7) is 9.51. The Bertz CT molecular complexity index is 734. The number of pyridine rings is 1. The number of morpholine rings is 1. The summed E-state index contributed by atoms with van der Waals surface area (Å²) < 4.78 is 5.38. The van der Waals surface area contributed by atoms with Crippen LogP contribution < -0.4 is 4.90 Å². The maximum atomic E-state index is 9.49. The number of fused-ring (bicyclic) bond motifs is 1. The highest BCUT2D eigenvalue weighted by Crippen LogP contribution is 2.28. The van der Waals surface area contributed by atoms with Crippen molar-refractivity contribution in [2.24, 2.45) is 0 Å². The van der Waals surface area contributed by atoms with Crippen LogP contribution in [0.5, 0.6) is 0 Å². The van der Waals surface area contributed by atoms with Crippen LogP contribution in [0.1, 0.15) is 31.9 Å². The average Bonchev–Trinajstić information content (AvgIpc) is 2.53. The number of aromatic nitrogens is 1. The maximum absolute atomic E-state index is 9.49. The number of hydrogen-bond acceptors (Lipinski definition) is 4. The van der Waals surface area contributed by atoms with Crippen LogP contribution in [-0.4, -0.2) is 31.3 Å². The molecule has 114 valence electrons. The predicted molar refractivity (Wildman–Crippen MR) is 88.2 cm³/mol. The van der Waals surface area contributed by atoms with Crippen molar-refractivity contribution in [3.63, 3.8) is 0 Å². The number of ether oxygens (including phenoxy) is 1. The summed E-state index contributed by atoms with van der Waals surface area (Å²) in [4.78, 5) is 6.88. The van der Waals surface area contributed by atoms with Crippen molar-refractivity contribution in [2.75, 3.05) is 31.2 Å². The average molecular weight is 295 g/mol. The molecule has 4 heteroatoms. The van der Waals surface area contributed by atoms with Crippen LogP contribution in [0.25, 0.3) is 10.9 Å². The Morgan fingerprint density at radius 2 is 1.91 bits per heavy atom. The predicted octanol–water partition coefficient (Wildman–Crippen LogP) is 3.24. The lowest BCUT2D eigenvalue weighted by atomic mass is 9.86. The van der Waals surface area contributed by atoms with Gasteiger partial charge in [-0.3, -0.25) is 0 Å². The molecule has 1 saturated heterocycles. The summed E-state index contributed by atoms with van der Waals surface area (Å²) in [7, 11) is 0. The van der Waals surface area contributed by atoms with Gasteiger partial charge in [-0.25, -0.2) is 4.98 Å². The third kappa shape index (κ3) is 2.77. The SMILES string of the molecule is CC(C)(C)c1ccc2nc(N3CCOCC3)c(C#N)cc2c1. The molecule has 1 aromatic heterocycles. The fourth-order valence-corrected chi connectivity index (χ4v) is 2.73. The lowest BCUT2D eigenvalue weighted by molar-refractivity contribution is 0.122. The summed E-state index contributed by atoms with van der Waals surface area (Å²) >= 11 is 0. The van der Waals surface area contributed by atoms with Crippen LogP contribution in [-0.2, 0) is 10.2 Å². The summed E-state index contributed by atoms with van der Waals surface area (Å²) in [5.74, 6) is 0.779. The highest BCUT2D eigenvalue weighted by atomic mass is 16.5. The van der Waals surface area contributed by atoms with E-state index >= 15 is 0 Å². The molecule has 1 aliphatic rings. The normalized spacial score (nSPS) is 15.8. The maximum Gasteiger partial charge on any atom is 0.147 e. The van der Waals surface area contributed by atoms with Crippen LogP contribution in [0, 0.1) is 11.3 Å². The van der Waals surface area contributed by atoms with Crippen LogP contribution in [0.15, 0.2) is 24.3 Å². The minimum Gasteiger partial charge on any atom is -0.378 e. The van der Waals surface area contributed by atoms with Crippen molar-refractivity contribution in [2.45, 2.75) is 26.2 Å². The molecular formula is C18H21N3O. The van der Waals surface area contributed by atoms with Gasteiger partial charge in [0.25, 0.3) is 0 Å². The molecule has 22 heavy (non-hydrogen) atoms. The van der Waals surface area contributed by atoms with Gasteiger partial charge in [0.2, 0.25) is 0 Å². The third-order valence-corrected chi connectivity index (χ3v) is 4.09. The van der Waals surface area contributed by atoms with Gasteiger partial charge in [-0.1, -0.05) is 26.8 Å². The fourth-order valence-electron chi connectivity index (χ4n) is 2.73. The largest absolute Gasteiger partial charge is 0.378 e. The molecule has 0 atom stereocenters. The van der Waals surface area contributed by atoms with Crippen molar-refractivity contribution in [1.29, 1.82) is 5.26 Å². The van der Waals surface area contributed by atoms with E-state index < -0.39 is 0 Å². The topological polar surface area (TPSA) is 49.2 Å². The number of nitriles is 1. The highest BCUT2D eigenvalue weighted by molar-refractivity contribution is 5.84. The highest BCUT2D eigenvalue weighted by Gasteiger charge is 2.19. The summed E-state index contributed by atoms with van der Waals surface area (Å²) in [6.07, 6.45) is 0. The first kappa shape index (κ1) is 14.8. The van der Waals surface area contributed by atoms with Gasteiger partial charge < -0.3 is 9.64 Å². The van der Waals surface area contributed by atoms with E-state index in [1.807, 2.05) is 6.07 Å².